The van der Waals surface area contributed by atoms with E-state index in [0.717, 1.165) is 11.3 Å². The second kappa shape index (κ2) is 2.29. The lowest BCUT2D eigenvalue weighted by molar-refractivity contribution is -0.116. The number of nitrogens with zero attached hydrogens (tertiary/aromatic N) is 2. The Kier molecular flexibility index (Phi) is 1.21. The van der Waals surface area contributed by atoms with Gasteiger partial charge in [0.05, 0.1) is 5.70 Å². The van der Waals surface area contributed by atoms with Crippen molar-refractivity contribution in [3.05, 3.63) is 35.6 Å². The fourth-order valence-electron chi connectivity index (χ4n) is 1.88. The summed E-state index contributed by atoms with van der Waals surface area (Å²) in [5.74, 6) is -0.0963. The lowest BCUT2D eigenvalue weighted by Gasteiger charge is -2.30. The van der Waals surface area contributed by atoms with Crippen molar-refractivity contribution in [2.75, 3.05) is 0 Å². The Bertz CT molecular complexity index is 464. The van der Waals surface area contributed by atoms with Crippen LogP contribution < -0.4 is 5.32 Å². The van der Waals surface area contributed by atoms with Crippen LogP contribution in [0.15, 0.2) is 45.6 Å². The van der Waals surface area contributed by atoms with Gasteiger partial charge in [-0.15, -0.1) is 0 Å². The molecule has 0 aromatic rings. The van der Waals surface area contributed by atoms with Crippen LogP contribution in [-0.2, 0) is 4.79 Å². The highest BCUT2D eigenvalue weighted by atomic mass is 16.1. The number of carbonyl (C=O) groups excluding carboxylic acids is 1. The molecule has 1 aliphatic carbocycles. The van der Waals surface area contributed by atoms with Crippen molar-refractivity contribution in [2.24, 2.45) is 9.98 Å². The summed E-state index contributed by atoms with van der Waals surface area (Å²) in [6.07, 6.45) is 10.4. The summed E-state index contributed by atoms with van der Waals surface area (Å²) >= 11 is 0. The molecule has 3 aliphatic rings. The van der Waals surface area contributed by atoms with Crippen molar-refractivity contribution in [3.63, 3.8) is 0 Å². The van der Waals surface area contributed by atoms with E-state index < -0.39 is 5.54 Å². The topological polar surface area (TPSA) is 53.8 Å². The summed E-state index contributed by atoms with van der Waals surface area (Å²) in [6, 6.07) is 0. The zero-order valence-corrected chi connectivity index (χ0v) is 7.27. The van der Waals surface area contributed by atoms with Gasteiger partial charge in [0.15, 0.2) is 0 Å². The molecule has 1 N–H and O–H groups in total. The van der Waals surface area contributed by atoms with Gasteiger partial charge in [0.1, 0.15) is 11.9 Å². The molecule has 1 spiro atoms. The SMILES string of the molecule is O=C1C=C2C=CC=C3N=CN=CC23N1. The monoisotopic (exact) mass is 185 g/mol. The van der Waals surface area contributed by atoms with Crippen molar-refractivity contribution in [2.45, 2.75) is 5.54 Å². The molecule has 1 atom stereocenters. The Balaban J connectivity index is 2.24. The van der Waals surface area contributed by atoms with Crippen LogP contribution in [0.1, 0.15) is 0 Å². The van der Waals surface area contributed by atoms with Gasteiger partial charge < -0.3 is 5.32 Å². The fourth-order valence-corrected chi connectivity index (χ4v) is 1.88. The first-order valence-corrected chi connectivity index (χ1v) is 4.31. The van der Waals surface area contributed by atoms with E-state index in [1.807, 2.05) is 18.2 Å². The van der Waals surface area contributed by atoms with Crippen molar-refractivity contribution >= 4 is 18.5 Å². The van der Waals surface area contributed by atoms with E-state index in [2.05, 4.69) is 15.3 Å². The Morgan fingerprint density at radius 1 is 1.43 bits per heavy atom. The molecule has 68 valence electrons. The van der Waals surface area contributed by atoms with Gasteiger partial charge in [-0.1, -0.05) is 12.2 Å². The minimum Gasteiger partial charge on any atom is -0.333 e. The van der Waals surface area contributed by atoms with Crippen molar-refractivity contribution in [1.29, 1.82) is 0 Å². The number of carbonyl (C=O) groups is 1. The van der Waals surface area contributed by atoms with Crippen LogP contribution in [-0.4, -0.2) is 24.0 Å². The second-order valence-corrected chi connectivity index (χ2v) is 3.33. The number of allylic oxidation sites excluding steroid dienone is 2. The van der Waals surface area contributed by atoms with E-state index in [1.165, 1.54) is 6.34 Å². The zero-order valence-electron chi connectivity index (χ0n) is 7.27. The van der Waals surface area contributed by atoms with Gasteiger partial charge in [-0.2, -0.15) is 0 Å². The van der Waals surface area contributed by atoms with Crippen LogP contribution >= 0.6 is 0 Å². The maximum Gasteiger partial charge on any atom is 0.245 e. The highest BCUT2D eigenvalue weighted by molar-refractivity contribution is 6.04. The van der Waals surface area contributed by atoms with Gasteiger partial charge in [0, 0.05) is 12.3 Å². The number of nitrogens with one attached hydrogen (secondary N) is 1. The molecule has 3 rings (SSSR count). The molecule has 0 bridgehead atoms. The number of amides is 1. The van der Waals surface area contributed by atoms with Gasteiger partial charge in [0.25, 0.3) is 0 Å². The molecule has 2 heterocycles. The predicted molar refractivity (Wildman–Crippen MR) is 53.2 cm³/mol. The van der Waals surface area contributed by atoms with E-state index in [4.69, 9.17) is 0 Å². The normalized spacial score (nSPS) is 31.9. The molecular formula is C10H7N3O. The largest absolute Gasteiger partial charge is 0.333 e. The minimum absolute atomic E-state index is 0.0963. The number of aliphatic imine (C=N–C) groups is 2. The summed E-state index contributed by atoms with van der Waals surface area (Å²) in [6.45, 7) is 0. The third-order valence-corrected chi connectivity index (χ3v) is 2.53. The number of rotatable bonds is 0. The molecule has 1 unspecified atom stereocenters. The van der Waals surface area contributed by atoms with E-state index in [0.29, 0.717) is 0 Å². The van der Waals surface area contributed by atoms with Crippen molar-refractivity contribution in [1.82, 2.24) is 5.32 Å². The average molecular weight is 185 g/mol. The Labute approximate surface area is 80.4 Å². The zero-order chi connectivity index (χ0) is 9.60. The van der Waals surface area contributed by atoms with Gasteiger partial charge in [-0.05, 0) is 11.6 Å². The molecule has 1 amide bonds. The predicted octanol–water partition coefficient (Wildman–Crippen LogP) is 0.348. The minimum atomic E-state index is -0.597. The highest BCUT2D eigenvalue weighted by Gasteiger charge is 2.43. The van der Waals surface area contributed by atoms with Gasteiger partial charge >= 0.3 is 0 Å². The summed E-state index contributed by atoms with van der Waals surface area (Å²) in [5.41, 5.74) is 1.12. The van der Waals surface area contributed by atoms with Gasteiger partial charge in [0.2, 0.25) is 5.91 Å². The summed E-state index contributed by atoms with van der Waals surface area (Å²) in [7, 11) is 0. The third kappa shape index (κ3) is 0.750. The van der Waals surface area contributed by atoms with Gasteiger partial charge in [-0.25, -0.2) is 9.98 Å². The van der Waals surface area contributed by atoms with Crippen LogP contribution in [0.4, 0.5) is 0 Å². The first-order chi connectivity index (χ1) is 6.81. The quantitative estimate of drug-likeness (QED) is 0.581. The van der Waals surface area contributed by atoms with Crippen LogP contribution in [0.3, 0.4) is 0 Å². The summed E-state index contributed by atoms with van der Waals surface area (Å²) in [4.78, 5) is 19.4. The van der Waals surface area contributed by atoms with E-state index in [1.54, 1.807) is 12.3 Å². The van der Waals surface area contributed by atoms with Crippen LogP contribution in [0.5, 0.6) is 0 Å². The summed E-state index contributed by atoms with van der Waals surface area (Å²) in [5, 5.41) is 2.86. The van der Waals surface area contributed by atoms with Crippen molar-refractivity contribution < 1.29 is 4.79 Å². The Hall–Kier alpha value is -1.97. The lowest BCUT2D eigenvalue weighted by atomic mass is 9.85. The van der Waals surface area contributed by atoms with E-state index >= 15 is 0 Å². The number of hydrogen-bond acceptors (Lipinski definition) is 3. The molecule has 14 heavy (non-hydrogen) atoms. The molecule has 4 heteroatoms. The summed E-state index contributed by atoms with van der Waals surface area (Å²) < 4.78 is 0. The fraction of sp³-hybridized carbons (Fsp3) is 0.100. The second-order valence-electron chi connectivity index (χ2n) is 3.33. The van der Waals surface area contributed by atoms with Crippen molar-refractivity contribution in [3.8, 4) is 0 Å². The average Bonchev–Trinajstić information content (AvgIpc) is 2.51. The molecule has 0 aromatic heterocycles. The lowest BCUT2D eigenvalue weighted by Crippen LogP contribution is -2.48. The molecule has 0 saturated carbocycles. The number of hydrogen-bond donors (Lipinski definition) is 1. The third-order valence-electron chi connectivity index (χ3n) is 2.53. The van der Waals surface area contributed by atoms with E-state index in [9.17, 15) is 4.79 Å². The Morgan fingerprint density at radius 2 is 2.36 bits per heavy atom. The molecule has 2 aliphatic heterocycles. The highest BCUT2D eigenvalue weighted by Crippen LogP contribution is 2.34. The first-order valence-electron chi connectivity index (χ1n) is 4.31. The first kappa shape index (κ1) is 7.44. The molecule has 0 fully saturated rings. The van der Waals surface area contributed by atoms with Crippen LogP contribution in [0, 0.1) is 0 Å². The van der Waals surface area contributed by atoms with Crippen LogP contribution in [0.25, 0.3) is 0 Å². The molecule has 0 radical (unpaired) electrons. The van der Waals surface area contributed by atoms with Gasteiger partial charge in [-0.3, -0.25) is 4.79 Å². The molecule has 0 aromatic carbocycles. The Morgan fingerprint density at radius 3 is 3.29 bits per heavy atom. The molecule has 4 nitrogen and oxygen atoms in total. The van der Waals surface area contributed by atoms with E-state index in [-0.39, 0.29) is 5.91 Å². The van der Waals surface area contributed by atoms with Crippen LogP contribution in [0.2, 0.25) is 0 Å². The standard InChI is InChI=1S/C10H7N3O/c14-9-4-7-2-1-3-8-10(7,13-9)5-11-6-12-8/h1-6H,(H,13,14). The maximum atomic E-state index is 11.3. The molecule has 0 saturated heterocycles. The smallest absolute Gasteiger partial charge is 0.245 e. The molecular weight excluding hydrogens is 178 g/mol. The maximum absolute atomic E-state index is 11.3.